The fourth-order valence-corrected chi connectivity index (χ4v) is 4.60. The number of hydrogen-bond acceptors (Lipinski definition) is 2. The van der Waals surface area contributed by atoms with Crippen LogP contribution in [0.1, 0.15) is 71.6 Å². The van der Waals surface area contributed by atoms with E-state index in [1.807, 2.05) is 0 Å². The summed E-state index contributed by atoms with van der Waals surface area (Å²) in [7, 11) is 2.37. The van der Waals surface area contributed by atoms with E-state index in [1.54, 1.807) is 0 Å². The molecule has 0 radical (unpaired) electrons. The van der Waals surface area contributed by atoms with Crippen LogP contribution in [0, 0.1) is 11.8 Å². The molecule has 0 heterocycles. The van der Waals surface area contributed by atoms with E-state index in [0.29, 0.717) is 5.54 Å². The van der Waals surface area contributed by atoms with Crippen LogP contribution in [0.15, 0.2) is 0 Å². The average molecular weight is 266 g/mol. The van der Waals surface area contributed by atoms with Crippen LogP contribution < -0.4 is 5.73 Å². The summed E-state index contributed by atoms with van der Waals surface area (Å²) in [5.41, 5.74) is 6.56. The van der Waals surface area contributed by atoms with Crippen LogP contribution in [0.3, 0.4) is 0 Å². The Balaban J connectivity index is 2.06. The first-order valence-corrected chi connectivity index (χ1v) is 8.54. The SMILES string of the molecule is CCC1CCCC(CN)(N(C)C2CCCC(C)C2)C1. The van der Waals surface area contributed by atoms with Crippen molar-refractivity contribution in [3.8, 4) is 0 Å². The molecule has 0 amide bonds. The molecule has 0 bridgehead atoms. The van der Waals surface area contributed by atoms with Gasteiger partial charge in [-0.2, -0.15) is 0 Å². The molecule has 0 saturated heterocycles. The van der Waals surface area contributed by atoms with Gasteiger partial charge in [-0.05, 0) is 44.6 Å². The van der Waals surface area contributed by atoms with Crippen LogP contribution in [0.25, 0.3) is 0 Å². The number of nitrogens with zero attached hydrogens (tertiary/aromatic N) is 1. The summed E-state index contributed by atoms with van der Waals surface area (Å²) < 4.78 is 0. The minimum absolute atomic E-state index is 0.306. The number of nitrogens with two attached hydrogens (primary N) is 1. The number of hydrogen-bond donors (Lipinski definition) is 1. The molecule has 0 aromatic carbocycles. The van der Waals surface area contributed by atoms with Crippen LogP contribution in [-0.2, 0) is 0 Å². The fraction of sp³-hybridized carbons (Fsp3) is 1.00. The molecule has 0 aromatic rings. The molecular weight excluding hydrogens is 232 g/mol. The molecule has 2 aliphatic carbocycles. The number of likely N-dealkylation sites (N-methyl/N-ethyl adjacent to an activating group) is 1. The van der Waals surface area contributed by atoms with Gasteiger partial charge in [-0.25, -0.2) is 0 Å². The second kappa shape index (κ2) is 6.58. The molecular formula is C17H34N2. The lowest BCUT2D eigenvalue weighted by Crippen LogP contribution is -2.58. The maximum Gasteiger partial charge on any atom is 0.0334 e. The zero-order valence-corrected chi connectivity index (χ0v) is 13.3. The van der Waals surface area contributed by atoms with Crippen LogP contribution in [0.2, 0.25) is 0 Å². The third-order valence-corrected chi connectivity index (χ3v) is 6.09. The van der Waals surface area contributed by atoms with E-state index < -0.39 is 0 Å². The average Bonchev–Trinajstić information content (AvgIpc) is 2.46. The van der Waals surface area contributed by atoms with Gasteiger partial charge in [0.25, 0.3) is 0 Å². The lowest BCUT2D eigenvalue weighted by atomic mass is 9.72. The zero-order valence-electron chi connectivity index (χ0n) is 13.3. The van der Waals surface area contributed by atoms with Gasteiger partial charge in [0.2, 0.25) is 0 Å². The molecule has 112 valence electrons. The van der Waals surface area contributed by atoms with E-state index in [4.69, 9.17) is 5.73 Å². The Bertz CT molecular complexity index is 278. The minimum Gasteiger partial charge on any atom is -0.329 e. The van der Waals surface area contributed by atoms with Gasteiger partial charge >= 0.3 is 0 Å². The van der Waals surface area contributed by atoms with Crippen LogP contribution >= 0.6 is 0 Å². The van der Waals surface area contributed by atoms with Crippen molar-refractivity contribution in [1.82, 2.24) is 4.90 Å². The van der Waals surface area contributed by atoms with Crippen molar-refractivity contribution in [2.24, 2.45) is 17.6 Å². The van der Waals surface area contributed by atoms with Crippen molar-refractivity contribution < 1.29 is 0 Å². The first kappa shape index (κ1) is 15.3. The molecule has 4 atom stereocenters. The maximum absolute atomic E-state index is 6.26. The molecule has 2 heteroatoms. The lowest BCUT2D eigenvalue weighted by molar-refractivity contribution is 0.00449. The third kappa shape index (κ3) is 3.33. The van der Waals surface area contributed by atoms with E-state index in [9.17, 15) is 0 Å². The second-order valence-electron chi connectivity index (χ2n) is 7.34. The Hall–Kier alpha value is -0.0800. The Kier molecular flexibility index (Phi) is 5.30. The van der Waals surface area contributed by atoms with E-state index in [2.05, 4.69) is 25.8 Å². The van der Waals surface area contributed by atoms with Crippen molar-refractivity contribution in [2.45, 2.75) is 83.2 Å². The van der Waals surface area contributed by atoms with E-state index in [-0.39, 0.29) is 0 Å². The molecule has 2 rings (SSSR count). The standard InChI is InChI=1S/C17H34N2/c1-4-15-8-6-10-17(12-15,13-18)19(3)16-9-5-7-14(2)11-16/h14-16H,4-13,18H2,1-3H3. The molecule has 2 fully saturated rings. The quantitative estimate of drug-likeness (QED) is 0.838. The Labute approximate surface area is 120 Å². The highest BCUT2D eigenvalue weighted by Crippen LogP contribution is 2.40. The highest BCUT2D eigenvalue weighted by Gasteiger charge is 2.41. The molecule has 2 nitrogen and oxygen atoms in total. The van der Waals surface area contributed by atoms with Gasteiger partial charge in [0.15, 0.2) is 0 Å². The second-order valence-corrected chi connectivity index (χ2v) is 7.34. The molecule has 2 saturated carbocycles. The van der Waals surface area contributed by atoms with Gasteiger partial charge in [0, 0.05) is 18.1 Å². The van der Waals surface area contributed by atoms with Crippen molar-refractivity contribution >= 4 is 0 Å². The number of rotatable bonds is 4. The Morgan fingerprint density at radius 1 is 1.21 bits per heavy atom. The summed E-state index contributed by atoms with van der Waals surface area (Å²) in [5, 5.41) is 0. The first-order chi connectivity index (χ1) is 9.11. The summed E-state index contributed by atoms with van der Waals surface area (Å²) in [5.74, 6) is 1.81. The minimum atomic E-state index is 0.306. The van der Waals surface area contributed by atoms with Gasteiger partial charge in [0.1, 0.15) is 0 Å². The molecule has 19 heavy (non-hydrogen) atoms. The van der Waals surface area contributed by atoms with E-state index in [1.165, 1.54) is 57.8 Å². The summed E-state index contributed by atoms with van der Waals surface area (Å²) in [6.45, 7) is 5.62. The van der Waals surface area contributed by atoms with Crippen LogP contribution in [0.4, 0.5) is 0 Å². The predicted molar refractivity (Wildman–Crippen MR) is 83.2 cm³/mol. The first-order valence-electron chi connectivity index (χ1n) is 8.54. The van der Waals surface area contributed by atoms with E-state index >= 15 is 0 Å². The molecule has 0 aliphatic heterocycles. The molecule has 2 N–H and O–H groups in total. The van der Waals surface area contributed by atoms with Gasteiger partial charge in [-0.15, -0.1) is 0 Å². The highest BCUT2D eigenvalue weighted by atomic mass is 15.2. The molecule has 4 unspecified atom stereocenters. The summed E-state index contributed by atoms with van der Waals surface area (Å²) in [4.78, 5) is 2.71. The largest absolute Gasteiger partial charge is 0.329 e. The Morgan fingerprint density at radius 3 is 2.63 bits per heavy atom. The normalized spacial score (nSPS) is 40.6. The maximum atomic E-state index is 6.26. The summed E-state index contributed by atoms with van der Waals surface area (Å²) >= 11 is 0. The van der Waals surface area contributed by atoms with Crippen molar-refractivity contribution in [3.63, 3.8) is 0 Å². The lowest BCUT2D eigenvalue weighted by Gasteiger charge is -2.51. The highest BCUT2D eigenvalue weighted by molar-refractivity contribution is 4.98. The fourth-order valence-electron chi connectivity index (χ4n) is 4.60. The third-order valence-electron chi connectivity index (χ3n) is 6.09. The summed E-state index contributed by atoms with van der Waals surface area (Å²) in [6, 6.07) is 0.780. The Morgan fingerprint density at radius 2 is 2.00 bits per heavy atom. The molecule has 2 aliphatic rings. The van der Waals surface area contributed by atoms with Crippen molar-refractivity contribution in [1.29, 1.82) is 0 Å². The van der Waals surface area contributed by atoms with Gasteiger partial charge in [-0.3, -0.25) is 4.90 Å². The van der Waals surface area contributed by atoms with E-state index in [0.717, 1.165) is 24.4 Å². The molecule has 0 aromatic heterocycles. The van der Waals surface area contributed by atoms with Gasteiger partial charge < -0.3 is 5.73 Å². The van der Waals surface area contributed by atoms with Crippen LogP contribution in [-0.4, -0.2) is 30.1 Å². The van der Waals surface area contributed by atoms with Crippen molar-refractivity contribution in [3.05, 3.63) is 0 Å². The topological polar surface area (TPSA) is 29.3 Å². The smallest absolute Gasteiger partial charge is 0.0334 e. The van der Waals surface area contributed by atoms with Gasteiger partial charge in [-0.1, -0.05) is 46.0 Å². The monoisotopic (exact) mass is 266 g/mol. The molecule has 0 spiro atoms. The van der Waals surface area contributed by atoms with Crippen molar-refractivity contribution in [2.75, 3.05) is 13.6 Å². The predicted octanol–water partition coefficient (Wildman–Crippen LogP) is 3.79. The zero-order chi connectivity index (χ0) is 13.9. The summed E-state index contributed by atoms with van der Waals surface area (Å²) in [6.07, 6.45) is 12.4. The van der Waals surface area contributed by atoms with Gasteiger partial charge in [0.05, 0.1) is 0 Å². The van der Waals surface area contributed by atoms with Crippen LogP contribution in [0.5, 0.6) is 0 Å².